The van der Waals surface area contributed by atoms with Gasteiger partial charge in [-0.2, -0.15) is 4.31 Å². The van der Waals surface area contributed by atoms with Crippen molar-refractivity contribution in [3.8, 4) is 5.75 Å². The summed E-state index contributed by atoms with van der Waals surface area (Å²) < 4.78 is 32.3. The number of ether oxygens (including phenoxy) is 1. The topological polar surface area (TPSA) is 72.6 Å². The smallest absolute Gasteiger partial charge is 0.246 e. The van der Waals surface area contributed by atoms with Gasteiger partial charge in [-0.05, 0) is 30.0 Å². The van der Waals surface area contributed by atoms with Gasteiger partial charge in [0.15, 0.2) is 0 Å². The molecule has 1 saturated heterocycles. The monoisotopic (exact) mass is 368 g/mol. The van der Waals surface area contributed by atoms with Crippen molar-refractivity contribution in [2.75, 3.05) is 20.2 Å². The lowest BCUT2D eigenvalue weighted by Crippen LogP contribution is -2.53. The van der Waals surface area contributed by atoms with Crippen LogP contribution in [0.25, 0.3) is 0 Å². The van der Waals surface area contributed by atoms with Crippen LogP contribution >= 0.6 is 24.0 Å². The summed E-state index contributed by atoms with van der Waals surface area (Å²) in [5.41, 5.74) is 5.80. The number of piperidine rings is 1. The van der Waals surface area contributed by atoms with Gasteiger partial charge >= 0.3 is 0 Å². The molecule has 22 heavy (non-hydrogen) atoms. The van der Waals surface area contributed by atoms with Crippen LogP contribution in [0.15, 0.2) is 23.1 Å². The Kier molecular flexibility index (Phi) is 6.14. The van der Waals surface area contributed by atoms with Crippen LogP contribution in [-0.2, 0) is 10.0 Å². The first-order valence-electron chi connectivity index (χ1n) is 6.78. The number of sulfonamides is 1. The molecule has 0 bridgehead atoms. The Balaban J connectivity index is 0.00000242. The number of rotatable bonds is 3. The largest absolute Gasteiger partial charge is 0.495 e. The Bertz CT molecular complexity index is 635. The summed E-state index contributed by atoms with van der Waals surface area (Å²) in [6, 6.07) is 4.59. The zero-order chi connectivity index (χ0) is 15.8. The summed E-state index contributed by atoms with van der Waals surface area (Å²) in [6.07, 6.45) is 0.634. The maximum absolute atomic E-state index is 12.9. The van der Waals surface area contributed by atoms with Gasteiger partial charge in [-0.25, -0.2) is 8.42 Å². The van der Waals surface area contributed by atoms with E-state index in [1.807, 2.05) is 13.8 Å². The maximum Gasteiger partial charge on any atom is 0.246 e. The molecule has 2 rings (SSSR count). The molecule has 0 radical (unpaired) electrons. The van der Waals surface area contributed by atoms with Crippen LogP contribution in [0.2, 0.25) is 5.02 Å². The van der Waals surface area contributed by atoms with E-state index in [0.29, 0.717) is 30.3 Å². The third kappa shape index (κ3) is 3.68. The van der Waals surface area contributed by atoms with E-state index in [9.17, 15) is 8.42 Å². The van der Waals surface area contributed by atoms with E-state index >= 15 is 0 Å². The van der Waals surface area contributed by atoms with Crippen molar-refractivity contribution in [2.24, 2.45) is 11.1 Å². The fourth-order valence-electron chi connectivity index (χ4n) is 2.52. The summed E-state index contributed by atoms with van der Waals surface area (Å²) in [5, 5.41) is 0.363. The highest BCUT2D eigenvalue weighted by Gasteiger charge is 2.39. The molecular formula is C14H22Cl2N2O3S. The second kappa shape index (κ2) is 6.93. The third-order valence-electron chi connectivity index (χ3n) is 4.02. The molecule has 8 heteroatoms. The number of benzene rings is 1. The average molecular weight is 369 g/mol. The fraction of sp³-hybridized carbons (Fsp3) is 0.571. The molecule has 1 aromatic carbocycles. The van der Waals surface area contributed by atoms with Gasteiger partial charge in [0.2, 0.25) is 10.0 Å². The lowest BCUT2D eigenvalue weighted by molar-refractivity contribution is 0.155. The molecule has 1 atom stereocenters. The van der Waals surface area contributed by atoms with Gasteiger partial charge in [0, 0.05) is 24.2 Å². The molecule has 1 fully saturated rings. The van der Waals surface area contributed by atoms with E-state index in [2.05, 4.69) is 0 Å². The second-order valence-electron chi connectivity index (χ2n) is 6.02. The maximum atomic E-state index is 12.9. The van der Waals surface area contributed by atoms with Crippen LogP contribution in [-0.4, -0.2) is 39.0 Å². The quantitative estimate of drug-likeness (QED) is 0.889. The van der Waals surface area contributed by atoms with Gasteiger partial charge in [0.1, 0.15) is 10.6 Å². The lowest BCUT2D eigenvalue weighted by atomic mass is 9.81. The molecule has 126 valence electrons. The minimum atomic E-state index is -3.65. The fourth-order valence-corrected chi connectivity index (χ4v) is 4.57. The molecule has 5 nitrogen and oxygen atoms in total. The van der Waals surface area contributed by atoms with Crippen LogP contribution in [0.3, 0.4) is 0 Å². The highest BCUT2D eigenvalue weighted by molar-refractivity contribution is 7.89. The van der Waals surface area contributed by atoms with Gasteiger partial charge < -0.3 is 10.5 Å². The number of nitrogens with zero attached hydrogens (tertiary/aromatic N) is 1. The average Bonchev–Trinajstić information content (AvgIpc) is 2.41. The predicted octanol–water partition coefficient (Wildman–Crippen LogP) is 2.52. The van der Waals surface area contributed by atoms with Crippen LogP contribution in [0.4, 0.5) is 0 Å². The SMILES string of the molecule is COc1ccc(Cl)cc1S(=O)(=O)N1CCC(N)C(C)(C)C1.Cl. The van der Waals surface area contributed by atoms with E-state index in [1.165, 1.54) is 17.5 Å². The van der Waals surface area contributed by atoms with Gasteiger partial charge in [0.05, 0.1) is 7.11 Å². The number of hydrogen-bond donors (Lipinski definition) is 1. The molecule has 1 aliphatic heterocycles. The molecular weight excluding hydrogens is 347 g/mol. The van der Waals surface area contributed by atoms with Crippen LogP contribution in [0.5, 0.6) is 5.75 Å². The molecule has 0 saturated carbocycles. The molecule has 0 amide bonds. The minimum Gasteiger partial charge on any atom is -0.495 e. The number of methoxy groups -OCH3 is 1. The molecule has 1 unspecified atom stereocenters. The van der Waals surface area contributed by atoms with Crippen molar-refractivity contribution in [3.05, 3.63) is 23.2 Å². The summed E-state index contributed by atoms with van der Waals surface area (Å²) in [5.74, 6) is 0.298. The molecule has 0 aromatic heterocycles. The van der Waals surface area contributed by atoms with E-state index in [0.717, 1.165) is 0 Å². The number of halogens is 2. The van der Waals surface area contributed by atoms with E-state index in [4.69, 9.17) is 22.1 Å². The Morgan fingerprint density at radius 3 is 2.59 bits per heavy atom. The van der Waals surface area contributed by atoms with Crippen molar-refractivity contribution in [1.29, 1.82) is 0 Å². The molecule has 1 aromatic rings. The van der Waals surface area contributed by atoms with Crippen LogP contribution in [0, 0.1) is 5.41 Å². The second-order valence-corrected chi connectivity index (χ2v) is 8.36. The predicted molar refractivity (Wildman–Crippen MR) is 90.4 cm³/mol. The van der Waals surface area contributed by atoms with E-state index < -0.39 is 10.0 Å². The Labute approximate surface area is 143 Å². The first kappa shape index (κ1) is 19.5. The van der Waals surface area contributed by atoms with E-state index in [-0.39, 0.29) is 28.8 Å². The van der Waals surface area contributed by atoms with Gasteiger partial charge in [-0.1, -0.05) is 25.4 Å². The molecule has 1 aliphatic rings. The first-order chi connectivity index (χ1) is 9.68. The highest BCUT2D eigenvalue weighted by Crippen LogP contribution is 2.34. The van der Waals surface area contributed by atoms with Gasteiger partial charge in [-0.15, -0.1) is 12.4 Å². The summed E-state index contributed by atoms with van der Waals surface area (Å²) >= 11 is 5.94. The zero-order valence-corrected chi connectivity index (χ0v) is 15.3. The van der Waals surface area contributed by atoms with Crippen LogP contribution < -0.4 is 10.5 Å². The molecule has 0 spiro atoms. The van der Waals surface area contributed by atoms with Gasteiger partial charge in [-0.3, -0.25) is 0 Å². The molecule has 2 N–H and O–H groups in total. The zero-order valence-electron chi connectivity index (χ0n) is 12.9. The summed E-state index contributed by atoms with van der Waals surface area (Å²) in [4.78, 5) is 0.101. The van der Waals surface area contributed by atoms with Crippen molar-refractivity contribution in [3.63, 3.8) is 0 Å². The molecule has 0 aliphatic carbocycles. The summed E-state index contributed by atoms with van der Waals surface area (Å²) in [6.45, 7) is 4.75. The Morgan fingerprint density at radius 1 is 1.41 bits per heavy atom. The third-order valence-corrected chi connectivity index (χ3v) is 6.12. The Morgan fingerprint density at radius 2 is 2.05 bits per heavy atom. The standard InChI is InChI=1S/C14H21ClN2O3S.ClH/c1-14(2)9-17(7-6-13(14)16)21(18,19)12-8-10(15)4-5-11(12)20-3;/h4-5,8,13H,6-7,9,16H2,1-3H3;1H. The highest BCUT2D eigenvalue weighted by atomic mass is 35.5. The normalized spacial score (nSPS) is 22.0. The van der Waals surface area contributed by atoms with Crippen molar-refractivity contribution < 1.29 is 13.2 Å². The summed E-state index contributed by atoms with van der Waals surface area (Å²) in [7, 11) is -2.21. The van der Waals surface area contributed by atoms with Crippen molar-refractivity contribution >= 4 is 34.0 Å². The lowest BCUT2D eigenvalue weighted by Gasteiger charge is -2.41. The van der Waals surface area contributed by atoms with Crippen molar-refractivity contribution in [1.82, 2.24) is 4.31 Å². The first-order valence-corrected chi connectivity index (χ1v) is 8.59. The minimum absolute atomic E-state index is 0. The van der Waals surface area contributed by atoms with Gasteiger partial charge in [0.25, 0.3) is 0 Å². The number of nitrogens with two attached hydrogens (primary N) is 1. The van der Waals surface area contributed by atoms with Crippen LogP contribution in [0.1, 0.15) is 20.3 Å². The number of hydrogen-bond acceptors (Lipinski definition) is 4. The molecule has 1 heterocycles. The van der Waals surface area contributed by atoms with Crippen molar-refractivity contribution in [2.45, 2.75) is 31.2 Å². The Hall–Kier alpha value is -0.530. The van der Waals surface area contributed by atoms with E-state index in [1.54, 1.807) is 12.1 Å².